The number of carbonyl (C=O) groups is 1. The Kier molecular flexibility index (Phi) is 6.20. The fourth-order valence-electron chi connectivity index (χ4n) is 0.767. The summed E-state index contributed by atoms with van der Waals surface area (Å²) in [5, 5.41) is 2.78. The van der Waals surface area contributed by atoms with Gasteiger partial charge in [0.1, 0.15) is 0 Å². The van der Waals surface area contributed by atoms with Crippen molar-refractivity contribution in [3.8, 4) is 0 Å². The minimum Gasteiger partial charge on any atom is -0.353 e. The average molecular weight is 190 g/mol. The monoisotopic (exact) mass is 190 g/mol. The minimum atomic E-state index is -0.347. The molecule has 0 aliphatic rings. The lowest BCUT2D eigenvalue weighted by molar-refractivity contribution is -0.122. The molecule has 1 atom stereocenters. The molecule has 0 bridgehead atoms. The van der Waals surface area contributed by atoms with Crippen molar-refractivity contribution in [1.82, 2.24) is 5.32 Å². The smallest absolute Gasteiger partial charge is 0.237 e. The van der Waals surface area contributed by atoms with Gasteiger partial charge in [-0.15, -0.1) is 0 Å². The zero-order valence-corrected chi connectivity index (χ0v) is 8.78. The number of amides is 1. The lowest BCUT2D eigenvalue weighted by Crippen LogP contribution is -2.43. The second-order valence-electron chi connectivity index (χ2n) is 3.05. The van der Waals surface area contributed by atoms with Crippen LogP contribution in [-0.2, 0) is 4.79 Å². The first-order valence-electron chi connectivity index (χ1n) is 4.12. The van der Waals surface area contributed by atoms with Gasteiger partial charge < -0.3 is 11.1 Å². The molecule has 1 amide bonds. The fourth-order valence-corrected chi connectivity index (χ4v) is 1.26. The molecule has 0 fully saturated rings. The molecular weight excluding hydrogens is 172 g/mol. The Bertz CT molecular complexity index is 139. The number of carbonyl (C=O) groups excluding carboxylic acids is 1. The van der Waals surface area contributed by atoms with Gasteiger partial charge in [-0.3, -0.25) is 4.79 Å². The summed E-state index contributed by atoms with van der Waals surface area (Å²) < 4.78 is 0. The van der Waals surface area contributed by atoms with E-state index in [0.29, 0.717) is 0 Å². The third-order valence-electron chi connectivity index (χ3n) is 1.40. The molecule has 0 saturated heterocycles. The number of nitrogens with two attached hydrogens (primary N) is 1. The molecule has 4 heteroatoms. The maximum atomic E-state index is 11.2. The predicted octanol–water partition coefficient (Wildman–Crippen LogP) is 0.591. The van der Waals surface area contributed by atoms with Crippen LogP contribution in [0, 0.1) is 0 Å². The summed E-state index contributed by atoms with van der Waals surface area (Å²) in [5.74, 6) is 0.895. The number of hydrogen-bond acceptors (Lipinski definition) is 3. The van der Waals surface area contributed by atoms with Gasteiger partial charge in [0.05, 0.1) is 6.04 Å². The zero-order chi connectivity index (χ0) is 9.56. The van der Waals surface area contributed by atoms with Gasteiger partial charge in [0, 0.05) is 6.04 Å². The van der Waals surface area contributed by atoms with E-state index in [0.717, 1.165) is 12.2 Å². The van der Waals surface area contributed by atoms with Crippen molar-refractivity contribution in [2.75, 3.05) is 12.0 Å². The van der Waals surface area contributed by atoms with Crippen LogP contribution in [0.4, 0.5) is 0 Å². The Labute approximate surface area is 78.5 Å². The summed E-state index contributed by atoms with van der Waals surface area (Å²) in [4.78, 5) is 11.2. The Balaban J connectivity index is 3.61. The number of rotatable bonds is 5. The van der Waals surface area contributed by atoms with E-state index in [-0.39, 0.29) is 18.0 Å². The summed E-state index contributed by atoms with van der Waals surface area (Å²) in [6.45, 7) is 3.86. The number of nitrogens with one attached hydrogen (secondary N) is 1. The van der Waals surface area contributed by atoms with E-state index in [1.165, 1.54) is 0 Å². The van der Waals surface area contributed by atoms with Crippen LogP contribution in [0.2, 0.25) is 0 Å². The van der Waals surface area contributed by atoms with E-state index in [9.17, 15) is 4.79 Å². The van der Waals surface area contributed by atoms with E-state index in [4.69, 9.17) is 5.73 Å². The van der Waals surface area contributed by atoms with Gasteiger partial charge in [-0.1, -0.05) is 0 Å². The highest BCUT2D eigenvalue weighted by Gasteiger charge is 2.12. The summed E-state index contributed by atoms with van der Waals surface area (Å²) >= 11 is 1.71. The van der Waals surface area contributed by atoms with Gasteiger partial charge >= 0.3 is 0 Å². The molecule has 72 valence electrons. The van der Waals surface area contributed by atoms with Crippen LogP contribution >= 0.6 is 11.8 Å². The van der Waals surface area contributed by atoms with Gasteiger partial charge in [-0.25, -0.2) is 0 Å². The fraction of sp³-hybridized carbons (Fsp3) is 0.875. The summed E-state index contributed by atoms with van der Waals surface area (Å²) in [6, 6.07) is -0.169. The van der Waals surface area contributed by atoms with Crippen molar-refractivity contribution in [2.45, 2.75) is 32.4 Å². The van der Waals surface area contributed by atoms with Gasteiger partial charge in [-0.05, 0) is 32.3 Å². The van der Waals surface area contributed by atoms with Crippen molar-refractivity contribution in [1.29, 1.82) is 0 Å². The minimum absolute atomic E-state index is 0.0425. The Morgan fingerprint density at radius 3 is 2.58 bits per heavy atom. The lowest BCUT2D eigenvalue weighted by atomic mass is 10.2. The maximum absolute atomic E-state index is 11.2. The first-order chi connectivity index (χ1) is 5.57. The molecule has 0 aromatic heterocycles. The van der Waals surface area contributed by atoms with Crippen molar-refractivity contribution in [2.24, 2.45) is 5.73 Å². The second-order valence-corrected chi connectivity index (χ2v) is 4.04. The van der Waals surface area contributed by atoms with Crippen LogP contribution in [0.25, 0.3) is 0 Å². The van der Waals surface area contributed by atoms with Crippen LogP contribution in [-0.4, -0.2) is 30.0 Å². The SMILES string of the molecule is CSCC[C@@H](N)C(=O)NC(C)C. The molecule has 0 aliphatic carbocycles. The molecule has 0 saturated carbocycles. The van der Waals surface area contributed by atoms with Gasteiger partial charge in [0.15, 0.2) is 0 Å². The molecule has 3 N–H and O–H groups in total. The van der Waals surface area contributed by atoms with Crippen molar-refractivity contribution < 1.29 is 4.79 Å². The molecule has 0 aliphatic heterocycles. The average Bonchev–Trinajstić information content (AvgIpc) is 1.98. The first kappa shape index (κ1) is 11.8. The molecule has 3 nitrogen and oxygen atoms in total. The summed E-state index contributed by atoms with van der Waals surface area (Å²) in [7, 11) is 0. The topological polar surface area (TPSA) is 55.1 Å². The highest BCUT2D eigenvalue weighted by atomic mass is 32.2. The van der Waals surface area contributed by atoms with E-state index in [1.54, 1.807) is 11.8 Å². The first-order valence-corrected chi connectivity index (χ1v) is 5.52. The van der Waals surface area contributed by atoms with Gasteiger partial charge in [0.25, 0.3) is 0 Å². The third-order valence-corrected chi connectivity index (χ3v) is 2.04. The quantitative estimate of drug-likeness (QED) is 0.667. The molecule has 0 aromatic rings. The maximum Gasteiger partial charge on any atom is 0.237 e. The van der Waals surface area contributed by atoms with E-state index in [1.807, 2.05) is 20.1 Å². The second kappa shape index (κ2) is 6.31. The summed E-state index contributed by atoms with van der Waals surface area (Å²) in [6.07, 6.45) is 2.76. The predicted molar refractivity (Wildman–Crippen MR) is 54.3 cm³/mol. The molecule has 0 unspecified atom stereocenters. The number of thioether (sulfide) groups is 1. The molecule has 0 spiro atoms. The van der Waals surface area contributed by atoms with Crippen LogP contribution in [0.3, 0.4) is 0 Å². The molecule has 0 heterocycles. The van der Waals surface area contributed by atoms with Gasteiger partial charge in [0.2, 0.25) is 5.91 Å². The van der Waals surface area contributed by atoms with Crippen molar-refractivity contribution >= 4 is 17.7 Å². The number of hydrogen-bond donors (Lipinski definition) is 2. The molecule has 12 heavy (non-hydrogen) atoms. The highest BCUT2D eigenvalue weighted by molar-refractivity contribution is 7.98. The normalized spacial score (nSPS) is 13.1. The van der Waals surface area contributed by atoms with Crippen LogP contribution in [0.1, 0.15) is 20.3 Å². The van der Waals surface area contributed by atoms with Crippen LogP contribution in [0.5, 0.6) is 0 Å². The van der Waals surface area contributed by atoms with E-state index >= 15 is 0 Å². The zero-order valence-electron chi connectivity index (χ0n) is 7.96. The standard InChI is InChI=1S/C8H18N2OS/c1-6(2)10-8(11)7(9)4-5-12-3/h6-7H,4-5,9H2,1-3H3,(H,10,11)/t7-/m1/s1. The van der Waals surface area contributed by atoms with E-state index < -0.39 is 0 Å². The molecular formula is C8H18N2OS. The van der Waals surface area contributed by atoms with Crippen LogP contribution < -0.4 is 11.1 Å². The Hall–Kier alpha value is -0.220. The van der Waals surface area contributed by atoms with Crippen molar-refractivity contribution in [3.63, 3.8) is 0 Å². The molecule has 0 aromatic carbocycles. The molecule has 0 rings (SSSR count). The molecule has 0 radical (unpaired) electrons. The highest BCUT2D eigenvalue weighted by Crippen LogP contribution is 1.98. The Morgan fingerprint density at radius 1 is 1.58 bits per heavy atom. The third kappa shape index (κ3) is 5.43. The summed E-state index contributed by atoms with van der Waals surface area (Å²) in [5.41, 5.74) is 5.63. The van der Waals surface area contributed by atoms with Crippen LogP contribution in [0.15, 0.2) is 0 Å². The Morgan fingerprint density at radius 2 is 2.17 bits per heavy atom. The van der Waals surface area contributed by atoms with Crippen molar-refractivity contribution in [3.05, 3.63) is 0 Å². The lowest BCUT2D eigenvalue weighted by Gasteiger charge is -2.13. The van der Waals surface area contributed by atoms with E-state index in [2.05, 4.69) is 5.32 Å². The van der Waals surface area contributed by atoms with Gasteiger partial charge in [-0.2, -0.15) is 11.8 Å². The largest absolute Gasteiger partial charge is 0.353 e.